The summed E-state index contributed by atoms with van der Waals surface area (Å²) in [4.78, 5) is 14.3. The molecule has 1 aliphatic heterocycles. The Hall–Kier alpha value is -2.14. The van der Waals surface area contributed by atoms with Crippen LogP contribution in [0.2, 0.25) is 0 Å². The predicted molar refractivity (Wildman–Crippen MR) is 82.2 cm³/mol. The van der Waals surface area contributed by atoms with Crippen LogP contribution in [0.1, 0.15) is 12.5 Å². The molecular formula is C16H20N4O. The SMILES string of the molecule is CC1Cc2ccccc2N1C(=O)CNCCn1cccn1. The van der Waals surface area contributed by atoms with Crippen LogP contribution in [0, 0.1) is 0 Å². The molecule has 21 heavy (non-hydrogen) atoms. The summed E-state index contributed by atoms with van der Waals surface area (Å²) in [7, 11) is 0. The Bertz CT molecular complexity index is 608. The Kier molecular flexibility index (Phi) is 4.01. The third-order valence-corrected chi connectivity index (χ3v) is 3.83. The van der Waals surface area contributed by atoms with Crippen LogP contribution < -0.4 is 10.2 Å². The molecule has 0 spiro atoms. The third-order valence-electron chi connectivity index (χ3n) is 3.83. The lowest BCUT2D eigenvalue weighted by Gasteiger charge is -2.23. The van der Waals surface area contributed by atoms with Crippen LogP contribution in [0.3, 0.4) is 0 Å². The van der Waals surface area contributed by atoms with Crippen LogP contribution in [-0.4, -0.2) is 34.8 Å². The van der Waals surface area contributed by atoms with Crippen molar-refractivity contribution in [3.63, 3.8) is 0 Å². The number of carbonyl (C=O) groups is 1. The number of amides is 1. The minimum absolute atomic E-state index is 0.132. The minimum Gasteiger partial charge on any atom is -0.308 e. The zero-order chi connectivity index (χ0) is 14.7. The van der Waals surface area contributed by atoms with Crippen LogP contribution in [-0.2, 0) is 17.8 Å². The van der Waals surface area contributed by atoms with Crippen molar-refractivity contribution in [2.24, 2.45) is 0 Å². The van der Waals surface area contributed by atoms with Crippen molar-refractivity contribution in [3.8, 4) is 0 Å². The number of nitrogens with one attached hydrogen (secondary N) is 1. The molecular weight excluding hydrogens is 264 g/mol. The van der Waals surface area contributed by atoms with E-state index >= 15 is 0 Å². The lowest BCUT2D eigenvalue weighted by Crippen LogP contribution is -2.42. The number of para-hydroxylation sites is 1. The van der Waals surface area contributed by atoms with Crippen LogP contribution in [0.25, 0.3) is 0 Å². The van der Waals surface area contributed by atoms with E-state index in [9.17, 15) is 4.79 Å². The quantitative estimate of drug-likeness (QED) is 0.846. The first-order chi connectivity index (χ1) is 10.3. The Morgan fingerprint density at radius 3 is 3.05 bits per heavy atom. The van der Waals surface area contributed by atoms with Gasteiger partial charge < -0.3 is 10.2 Å². The number of aromatic nitrogens is 2. The van der Waals surface area contributed by atoms with Crippen LogP contribution in [0.4, 0.5) is 5.69 Å². The standard InChI is InChI=1S/C16H20N4O/c1-13-11-14-5-2-3-6-15(14)20(13)16(21)12-17-8-10-19-9-4-7-18-19/h2-7,9,13,17H,8,10-12H2,1H3. The molecule has 1 atom stereocenters. The molecule has 0 fully saturated rings. The molecule has 0 saturated carbocycles. The van der Waals surface area contributed by atoms with Gasteiger partial charge in [0.1, 0.15) is 0 Å². The molecule has 0 saturated heterocycles. The summed E-state index contributed by atoms with van der Waals surface area (Å²) in [6, 6.07) is 10.3. The second-order valence-corrected chi connectivity index (χ2v) is 5.39. The monoisotopic (exact) mass is 284 g/mol. The molecule has 1 aliphatic rings. The fourth-order valence-corrected chi connectivity index (χ4v) is 2.85. The van der Waals surface area contributed by atoms with Gasteiger partial charge in [0.2, 0.25) is 5.91 Å². The van der Waals surface area contributed by atoms with Crippen LogP contribution >= 0.6 is 0 Å². The Morgan fingerprint density at radius 1 is 1.38 bits per heavy atom. The second-order valence-electron chi connectivity index (χ2n) is 5.39. The van der Waals surface area contributed by atoms with E-state index in [1.807, 2.05) is 40.0 Å². The first-order valence-corrected chi connectivity index (χ1v) is 7.34. The van der Waals surface area contributed by atoms with Gasteiger partial charge in [-0.1, -0.05) is 18.2 Å². The predicted octanol–water partition coefficient (Wildman–Crippen LogP) is 1.45. The first-order valence-electron chi connectivity index (χ1n) is 7.34. The van der Waals surface area contributed by atoms with Gasteiger partial charge in [0, 0.05) is 30.7 Å². The van der Waals surface area contributed by atoms with E-state index in [1.54, 1.807) is 6.20 Å². The van der Waals surface area contributed by atoms with Gasteiger partial charge in [0.05, 0.1) is 13.1 Å². The number of fused-ring (bicyclic) bond motifs is 1. The lowest BCUT2D eigenvalue weighted by molar-refractivity contribution is -0.118. The molecule has 110 valence electrons. The summed E-state index contributed by atoms with van der Waals surface area (Å²) in [5.74, 6) is 0.132. The van der Waals surface area contributed by atoms with E-state index in [1.165, 1.54) is 5.56 Å². The summed E-state index contributed by atoms with van der Waals surface area (Å²) < 4.78 is 1.85. The number of benzene rings is 1. The van der Waals surface area contributed by atoms with Crippen molar-refractivity contribution in [3.05, 3.63) is 48.3 Å². The zero-order valence-electron chi connectivity index (χ0n) is 12.2. The highest BCUT2D eigenvalue weighted by molar-refractivity contribution is 5.97. The van der Waals surface area contributed by atoms with E-state index < -0.39 is 0 Å². The molecule has 0 radical (unpaired) electrons. The maximum absolute atomic E-state index is 12.4. The van der Waals surface area contributed by atoms with E-state index in [2.05, 4.69) is 23.4 Å². The summed E-state index contributed by atoms with van der Waals surface area (Å²) in [5, 5.41) is 7.33. The summed E-state index contributed by atoms with van der Waals surface area (Å²) in [5.41, 5.74) is 2.32. The van der Waals surface area contributed by atoms with Gasteiger partial charge in [-0.15, -0.1) is 0 Å². The van der Waals surface area contributed by atoms with E-state index in [4.69, 9.17) is 0 Å². The van der Waals surface area contributed by atoms with Gasteiger partial charge in [-0.25, -0.2) is 0 Å². The molecule has 5 nitrogen and oxygen atoms in total. The van der Waals surface area contributed by atoms with E-state index in [0.29, 0.717) is 6.54 Å². The highest BCUT2D eigenvalue weighted by atomic mass is 16.2. The normalized spacial score (nSPS) is 17.0. The molecule has 1 N–H and O–H groups in total. The third kappa shape index (κ3) is 2.97. The van der Waals surface area contributed by atoms with Gasteiger partial charge in [-0.05, 0) is 31.0 Å². The Labute approximate surface area is 124 Å². The topological polar surface area (TPSA) is 50.2 Å². The maximum atomic E-state index is 12.4. The summed E-state index contributed by atoms with van der Waals surface area (Å²) in [6.07, 6.45) is 4.62. The van der Waals surface area contributed by atoms with Crippen molar-refractivity contribution in [1.82, 2.24) is 15.1 Å². The molecule has 2 aromatic rings. The molecule has 5 heteroatoms. The molecule has 0 bridgehead atoms. The van der Waals surface area contributed by atoms with Crippen molar-refractivity contribution >= 4 is 11.6 Å². The minimum atomic E-state index is 0.132. The smallest absolute Gasteiger partial charge is 0.241 e. The fraction of sp³-hybridized carbons (Fsp3) is 0.375. The number of carbonyl (C=O) groups excluding carboxylic acids is 1. The first kappa shape index (κ1) is 13.8. The molecule has 1 unspecified atom stereocenters. The summed E-state index contributed by atoms with van der Waals surface area (Å²) in [6.45, 7) is 3.96. The van der Waals surface area contributed by atoms with Crippen molar-refractivity contribution in [1.29, 1.82) is 0 Å². The van der Waals surface area contributed by atoms with Crippen molar-refractivity contribution < 1.29 is 4.79 Å². The van der Waals surface area contributed by atoms with Crippen molar-refractivity contribution in [2.75, 3.05) is 18.0 Å². The molecule has 1 aromatic carbocycles. The molecule has 1 amide bonds. The van der Waals surface area contributed by atoms with Gasteiger partial charge >= 0.3 is 0 Å². The van der Waals surface area contributed by atoms with Gasteiger partial charge in [-0.2, -0.15) is 5.10 Å². The average Bonchev–Trinajstić information content (AvgIpc) is 3.09. The van der Waals surface area contributed by atoms with Crippen LogP contribution in [0.15, 0.2) is 42.7 Å². The number of hydrogen-bond donors (Lipinski definition) is 1. The largest absolute Gasteiger partial charge is 0.308 e. The van der Waals surface area contributed by atoms with Gasteiger partial charge in [0.25, 0.3) is 0 Å². The van der Waals surface area contributed by atoms with Gasteiger partial charge in [-0.3, -0.25) is 9.48 Å². The zero-order valence-corrected chi connectivity index (χ0v) is 12.2. The average molecular weight is 284 g/mol. The maximum Gasteiger partial charge on any atom is 0.241 e. The van der Waals surface area contributed by atoms with E-state index in [-0.39, 0.29) is 11.9 Å². The highest BCUT2D eigenvalue weighted by Gasteiger charge is 2.29. The summed E-state index contributed by atoms with van der Waals surface area (Å²) >= 11 is 0. The lowest BCUT2D eigenvalue weighted by atomic mass is 10.1. The molecule has 0 aliphatic carbocycles. The Morgan fingerprint density at radius 2 is 2.24 bits per heavy atom. The number of anilines is 1. The Balaban J connectivity index is 1.53. The van der Waals surface area contributed by atoms with Crippen molar-refractivity contribution in [2.45, 2.75) is 25.9 Å². The molecule has 1 aromatic heterocycles. The van der Waals surface area contributed by atoms with Crippen LogP contribution in [0.5, 0.6) is 0 Å². The molecule has 2 heterocycles. The van der Waals surface area contributed by atoms with E-state index in [0.717, 1.165) is 25.2 Å². The number of hydrogen-bond acceptors (Lipinski definition) is 3. The van der Waals surface area contributed by atoms with Gasteiger partial charge in [0.15, 0.2) is 0 Å². The molecule has 3 rings (SSSR count). The highest BCUT2D eigenvalue weighted by Crippen LogP contribution is 2.31. The second kappa shape index (κ2) is 6.10. The fourth-order valence-electron chi connectivity index (χ4n) is 2.85. The number of rotatable bonds is 5. The number of nitrogens with zero attached hydrogens (tertiary/aromatic N) is 3.